The maximum atomic E-state index is 11.2. The Morgan fingerprint density at radius 1 is 1.21 bits per heavy atom. The largest absolute Gasteiger partial charge is 0.473 e. The molecule has 0 unspecified atom stereocenters. The Bertz CT molecular complexity index is 530. The highest BCUT2D eigenvalue weighted by Crippen LogP contribution is 2.59. The van der Waals surface area contributed by atoms with Crippen LogP contribution in [0.25, 0.3) is 0 Å². The first-order valence-corrected chi connectivity index (χ1v) is 9.85. The molecule has 0 bridgehead atoms. The number of hydrogen-bond acceptors (Lipinski definition) is 7. The van der Waals surface area contributed by atoms with Crippen molar-refractivity contribution in [3.05, 3.63) is 0 Å². The molecule has 0 amide bonds. The van der Waals surface area contributed by atoms with Crippen molar-refractivity contribution < 1.29 is 34.9 Å². The Labute approximate surface area is 165 Å². The summed E-state index contributed by atoms with van der Waals surface area (Å²) in [4.78, 5) is 23.3. The lowest BCUT2D eigenvalue weighted by Crippen LogP contribution is -2.50. The average Bonchev–Trinajstić information content (AvgIpc) is 2.90. The summed E-state index contributed by atoms with van der Waals surface area (Å²) in [5, 5.41) is 38.9. The van der Waals surface area contributed by atoms with Gasteiger partial charge in [-0.25, -0.2) is 9.59 Å². The highest BCUT2D eigenvalue weighted by molar-refractivity contribution is 6.27. The molecule has 0 aliphatic heterocycles. The molecule has 0 heterocycles. The predicted molar refractivity (Wildman–Crippen MR) is 103 cm³/mol. The van der Waals surface area contributed by atoms with Crippen LogP contribution in [0, 0.1) is 17.3 Å². The van der Waals surface area contributed by atoms with Crippen molar-refractivity contribution >= 4 is 18.2 Å². The molecular formula is C19H34N2O7. The van der Waals surface area contributed by atoms with E-state index in [1.165, 1.54) is 0 Å². The second-order valence-corrected chi connectivity index (χ2v) is 7.91. The highest BCUT2D eigenvalue weighted by Gasteiger charge is 2.58. The van der Waals surface area contributed by atoms with Crippen molar-refractivity contribution in [3.8, 4) is 0 Å². The van der Waals surface area contributed by atoms with Gasteiger partial charge in [-0.1, -0.05) is 24.9 Å². The number of hydrogen-bond donors (Lipinski definition) is 5. The molecule has 6 N–H and O–H groups in total. The first-order chi connectivity index (χ1) is 13.2. The molecule has 162 valence electrons. The zero-order valence-electron chi connectivity index (χ0n) is 16.5. The number of unbranched alkanes of at least 4 members (excludes halogenated alkanes) is 1. The lowest BCUT2D eigenvalue weighted by atomic mass is 9.60. The van der Waals surface area contributed by atoms with Crippen molar-refractivity contribution in [3.63, 3.8) is 0 Å². The van der Waals surface area contributed by atoms with E-state index in [2.05, 4.69) is 12.1 Å². The van der Waals surface area contributed by atoms with Gasteiger partial charge >= 0.3 is 11.9 Å². The van der Waals surface area contributed by atoms with Gasteiger partial charge in [0.2, 0.25) is 0 Å². The Kier molecular flexibility index (Phi) is 9.84. The van der Waals surface area contributed by atoms with Crippen LogP contribution in [0.5, 0.6) is 0 Å². The topological polar surface area (TPSA) is 163 Å². The molecule has 0 spiro atoms. The van der Waals surface area contributed by atoms with Crippen LogP contribution < -0.4 is 5.73 Å². The molecule has 2 aliphatic carbocycles. The number of aliphatic carboxylic acids is 2. The number of nitrogens with two attached hydrogens (primary N) is 1. The monoisotopic (exact) mass is 402 g/mol. The van der Waals surface area contributed by atoms with Crippen LogP contribution >= 0.6 is 0 Å². The fourth-order valence-corrected chi connectivity index (χ4v) is 4.43. The van der Waals surface area contributed by atoms with E-state index in [0.717, 1.165) is 51.4 Å². The summed E-state index contributed by atoms with van der Waals surface area (Å²) in [6, 6.07) is 0. The Hall–Kier alpha value is -1.71. The van der Waals surface area contributed by atoms with E-state index in [4.69, 9.17) is 35.5 Å². The van der Waals surface area contributed by atoms with E-state index in [0.29, 0.717) is 19.1 Å². The van der Waals surface area contributed by atoms with E-state index >= 15 is 0 Å². The van der Waals surface area contributed by atoms with E-state index in [1.807, 2.05) is 6.21 Å². The van der Waals surface area contributed by atoms with E-state index < -0.39 is 17.5 Å². The van der Waals surface area contributed by atoms with Gasteiger partial charge in [-0.05, 0) is 44.4 Å². The van der Waals surface area contributed by atoms with Gasteiger partial charge in [0, 0.05) is 30.7 Å². The molecule has 28 heavy (non-hydrogen) atoms. The van der Waals surface area contributed by atoms with Gasteiger partial charge in [-0.15, -0.1) is 0 Å². The van der Waals surface area contributed by atoms with E-state index in [9.17, 15) is 5.11 Å². The molecule has 4 atom stereocenters. The van der Waals surface area contributed by atoms with Gasteiger partial charge in [-0.3, -0.25) is 0 Å². The zero-order chi connectivity index (χ0) is 21.2. The van der Waals surface area contributed by atoms with Crippen molar-refractivity contribution in [1.29, 1.82) is 0 Å². The number of carboxylic acids is 2. The molecule has 0 aromatic carbocycles. The Balaban J connectivity index is 0.000000568. The molecule has 9 nitrogen and oxygen atoms in total. The summed E-state index contributed by atoms with van der Waals surface area (Å²) < 4.78 is 0. The SMILES string of the molecule is C[C@]12CC[C@H](CCCCO)C[C@@]1(O)CC[C@@H]2/C=N/OCCN.O=C(O)C(=O)O. The van der Waals surface area contributed by atoms with Gasteiger partial charge in [0.25, 0.3) is 0 Å². The van der Waals surface area contributed by atoms with Gasteiger partial charge in [-0.2, -0.15) is 0 Å². The van der Waals surface area contributed by atoms with E-state index in [1.54, 1.807) is 0 Å². The second kappa shape index (κ2) is 11.3. The number of carbonyl (C=O) groups is 2. The average molecular weight is 402 g/mol. The fraction of sp³-hybridized carbons (Fsp3) is 0.842. The number of rotatable bonds is 8. The fourth-order valence-electron chi connectivity index (χ4n) is 4.43. The third-order valence-electron chi connectivity index (χ3n) is 6.18. The summed E-state index contributed by atoms with van der Waals surface area (Å²) in [7, 11) is 0. The second-order valence-electron chi connectivity index (χ2n) is 7.91. The minimum atomic E-state index is -1.82. The first-order valence-electron chi connectivity index (χ1n) is 9.85. The zero-order valence-corrected chi connectivity index (χ0v) is 16.5. The molecule has 0 aromatic rings. The van der Waals surface area contributed by atoms with Crippen LogP contribution in [0.3, 0.4) is 0 Å². The van der Waals surface area contributed by atoms with Crippen LogP contribution in [-0.2, 0) is 14.4 Å². The van der Waals surface area contributed by atoms with Crippen LogP contribution in [0.15, 0.2) is 5.16 Å². The maximum absolute atomic E-state index is 11.2. The quantitative estimate of drug-likeness (QED) is 0.175. The number of fused-ring (bicyclic) bond motifs is 1. The normalized spacial score (nSPS) is 31.7. The molecule has 0 radical (unpaired) electrons. The van der Waals surface area contributed by atoms with Crippen LogP contribution in [0.1, 0.15) is 58.3 Å². The number of oxime groups is 1. The number of nitrogens with zero attached hydrogens (tertiary/aromatic N) is 1. The lowest BCUT2D eigenvalue weighted by molar-refractivity contribution is -0.159. The number of carboxylic acid groups (broad SMARTS) is 2. The summed E-state index contributed by atoms with van der Waals surface area (Å²) in [5.74, 6) is -2.77. The molecule has 2 rings (SSSR count). The first kappa shape index (κ1) is 24.3. The van der Waals surface area contributed by atoms with Crippen LogP contribution in [0.2, 0.25) is 0 Å². The summed E-state index contributed by atoms with van der Waals surface area (Å²) in [6.45, 7) is 3.40. The van der Waals surface area contributed by atoms with Crippen molar-refractivity contribution in [2.45, 2.75) is 63.9 Å². The maximum Gasteiger partial charge on any atom is 0.414 e. The minimum Gasteiger partial charge on any atom is -0.473 e. The van der Waals surface area contributed by atoms with Crippen molar-refractivity contribution in [2.75, 3.05) is 19.8 Å². The van der Waals surface area contributed by atoms with E-state index in [-0.39, 0.29) is 17.9 Å². The Morgan fingerprint density at radius 2 is 1.89 bits per heavy atom. The van der Waals surface area contributed by atoms with Gasteiger partial charge in [0.05, 0.1) is 5.60 Å². The highest BCUT2D eigenvalue weighted by atomic mass is 16.6. The third-order valence-corrected chi connectivity index (χ3v) is 6.18. The molecule has 0 saturated heterocycles. The predicted octanol–water partition coefficient (Wildman–Crippen LogP) is 1.21. The van der Waals surface area contributed by atoms with Crippen LogP contribution in [0.4, 0.5) is 0 Å². The third kappa shape index (κ3) is 6.42. The molecule has 9 heteroatoms. The van der Waals surface area contributed by atoms with Gasteiger partial charge in [0.1, 0.15) is 6.61 Å². The molecule has 0 aromatic heterocycles. The Morgan fingerprint density at radius 3 is 2.46 bits per heavy atom. The van der Waals surface area contributed by atoms with Crippen molar-refractivity contribution in [2.24, 2.45) is 28.1 Å². The molecular weight excluding hydrogens is 368 g/mol. The summed E-state index contributed by atoms with van der Waals surface area (Å²) >= 11 is 0. The van der Waals surface area contributed by atoms with Crippen LogP contribution in [-0.4, -0.2) is 63.9 Å². The van der Waals surface area contributed by atoms with Gasteiger partial charge < -0.3 is 31.0 Å². The molecule has 2 fully saturated rings. The molecule has 2 aliphatic rings. The smallest absolute Gasteiger partial charge is 0.414 e. The lowest BCUT2D eigenvalue weighted by Gasteiger charge is -2.48. The number of aliphatic hydroxyl groups is 2. The minimum absolute atomic E-state index is 0.0872. The number of aliphatic hydroxyl groups excluding tert-OH is 1. The van der Waals surface area contributed by atoms with Gasteiger partial charge in [0.15, 0.2) is 0 Å². The molecule has 2 saturated carbocycles. The standard InChI is InChI=1S/C17H32N2O3.C2H2O4/c1-16-7-5-14(4-2-3-10-20)12-17(16,21)8-6-15(16)13-19-22-11-9-18;3-1(4)2(5)6/h13-15,20-21H,2-12,18H2,1H3;(H,3,4)(H,5,6)/b19-13+;/t14-,15+,16+,17-;/m0./s1. The summed E-state index contributed by atoms with van der Waals surface area (Å²) in [6.07, 6.45) is 9.88. The summed E-state index contributed by atoms with van der Waals surface area (Å²) in [5.41, 5.74) is 4.73. The van der Waals surface area contributed by atoms with Crippen molar-refractivity contribution in [1.82, 2.24) is 0 Å².